The Labute approximate surface area is 118 Å². The molecule has 3 rings (SSSR count). The van der Waals surface area contributed by atoms with Gasteiger partial charge in [0, 0.05) is 12.1 Å². The summed E-state index contributed by atoms with van der Waals surface area (Å²) in [7, 11) is 0. The number of rotatable bonds is 4. The lowest BCUT2D eigenvalue weighted by atomic mass is 10.0. The second kappa shape index (κ2) is 5.10. The molecule has 0 radical (unpaired) electrons. The van der Waals surface area contributed by atoms with Crippen LogP contribution < -0.4 is 11.1 Å². The standard InChI is InChI=1S/C17H18N2O/c18-12-13-6-8-14(9-7-13)16(20)19-17(10-11-17)15-4-2-1-3-5-15/h1-9H,10-12,18H2,(H,19,20). The molecule has 0 saturated heterocycles. The summed E-state index contributed by atoms with van der Waals surface area (Å²) in [5.74, 6) is -0.0186. The van der Waals surface area contributed by atoms with E-state index in [1.165, 1.54) is 5.56 Å². The zero-order valence-electron chi connectivity index (χ0n) is 11.3. The zero-order chi connectivity index (χ0) is 14.0. The predicted molar refractivity (Wildman–Crippen MR) is 79.2 cm³/mol. The quantitative estimate of drug-likeness (QED) is 0.893. The maximum Gasteiger partial charge on any atom is 0.251 e. The van der Waals surface area contributed by atoms with Crippen LogP contribution in [0.5, 0.6) is 0 Å². The van der Waals surface area contributed by atoms with Gasteiger partial charge in [-0.3, -0.25) is 4.79 Å². The topological polar surface area (TPSA) is 55.1 Å². The van der Waals surface area contributed by atoms with Crippen molar-refractivity contribution in [2.24, 2.45) is 5.73 Å². The van der Waals surface area contributed by atoms with Crippen LogP contribution in [0.4, 0.5) is 0 Å². The fourth-order valence-electron chi connectivity index (χ4n) is 2.45. The number of carbonyl (C=O) groups is 1. The second-order valence-electron chi connectivity index (χ2n) is 5.30. The fraction of sp³-hybridized carbons (Fsp3) is 0.235. The van der Waals surface area contributed by atoms with Gasteiger partial charge in [-0.1, -0.05) is 42.5 Å². The van der Waals surface area contributed by atoms with E-state index in [0.29, 0.717) is 12.1 Å². The van der Waals surface area contributed by atoms with Crippen molar-refractivity contribution in [2.45, 2.75) is 24.9 Å². The Hall–Kier alpha value is -2.13. The molecule has 102 valence electrons. The summed E-state index contributed by atoms with van der Waals surface area (Å²) >= 11 is 0. The molecule has 0 spiro atoms. The average molecular weight is 266 g/mol. The van der Waals surface area contributed by atoms with E-state index in [2.05, 4.69) is 17.4 Å². The summed E-state index contributed by atoms with van der Waals surface area (Å²) in [5.41, 5.74) is 8.31. The Morgan fingerprint density at radius 2 is 1.70 bits per heavy atom. The van der Waals surface area contributed by atoms with Crippen LogP contribution in [0.25, 0.3) is 0 Å². The Morgan fingerprint density at radius 3 is 2.25 bits per heavy atom. The average Bonchev–Trinajstić information content (AvgIpc) is 3.29. The van der Waals surface area contributed by atoms with E-state index < -0.39 is 0 Å². The molecule has 2 aromatic rings. The largest absolute Gasteiger partial charge is 0.343 e. The van der Waals surface area contributed by atoms with Crippen molar-refractivity contribution in [1.82, 2.24) is 5.32 Å². The number of carbonyl (C=O) groups excluding carboxylic acids is 1. The minimum absolute atomic E-state index is 0.0186. The number of hydrogen-bond acceptors (Lipinski definition) is 2. The van der Waals surface area contributed by atoms with Gasteiger partial charge >= 0.3 is 0 Å². The molecule has 3 nitrogen and oxygen atoms in total. The molecule has 0 bridgehead atoms. The van der Waals surface area contributed by atoms with Crippen molar-refractivity contribution < 1.29 is 4.79 Å². The van der Waals surface area contributed by atoms with Gasteiger partial charge in [-0.25, -0.2) is 0 Å². The normalized spacial score (nSPS) is 15.7. The Kier molecular flexibility index (Phi) is 3.28. The third-order valence-corrected chi connectivity index (χ3v) is 3.88. The molecule has 1 saturated carbocycles. The van der Waals surface area contributed by atoms with Crippen molar-refractivity contribution in [1.29, 1.82) is 0 Å². The number of hydrogen-bond donors (Lipinski definition) is 2. The first kappa shape index (κ1) is 12.9. The van der Waals surface area contributed by atoms with Crippen LogP contribution in [0.3, 0.4) is 0 Å². The predicted octanol–water partition coefficient (Wildman–Crippen LogP) is 2.56. The van der Waals surface area contributed by atoms with Crippen LogP contribution in [-0.2, 0) is 12.1 Å². The lowest BCUT2D eigenvalue weighted by molar-refractivity contribution is 0.0931. The van der Waals surface area contributed by atoms with E-state index in [-0.39, 0.29) is 11.4 Å². The van der Waals surface area contributed by atoms with Gasteiger partial charge in [0.05, 0.1) is 5.54 Å². The van der Waals surface area contributed by atoms with Crippen LogP contribution in [0.2, 0.25) is 0 Å². The maximum absolute atomic E-state index is 12.3. The van der Waals surface area contributed by atoms with Crippen LogP contribution >= 0.6 is 0 Å². The minimum atomic E-state index is -0.162. The van der Waals surface area contributed by atoms with Gasteiger partial charge in [0.25, 0.3) is 5.91 Å². The number of amides is 1. The van der Waals surface area contributed by atoms with E-state index in [1.54, 1.807) is 0 Å². The second-order valence-corrected chi connectivity index (χ2v) is 5.30. The summed E-state index contributed by atoms with van der Waals surface area (Å²) < 4.78 is 0. The summed E-state index contributed by atoms with van der Waals surface area (Å²) in [5, 5.41) is 3.17. The number of benzene rings is 2. The molecule has 1 fully saturated rings. The van der Waals surface area contributed by atoms with Crippen LogP contribution in [-0.4, -0.2) is 5.91 Å². The molecule has 1 aliphatic carbocycles. The van der Waals surface area contributed by atoms with Gasteiger partial charge in [-0.2, -0.15) is 0 Å². The first-order valence-electron chi connectivity index (χ1n) is 6.91. The van der Waals surface area contributed by atoms with E-state index >= 15 is 0 Å². The van der Waals surface area contributed by atoms with Crippen molar-refractivity contribution in [3.05, 3.63) is 71.3 Å². The SMILES string of the molecule is NCc1ccc(C(=O)NC2(c3ccccc3)CC2)cc1. The van der Waals surface area contributed by atoms with Crippen molar-refractivity contribution in [3.63, 3.8) is 0 Å². The highest BCUT2D eigenvalue weighted by molar-refractivity contribution is 5.95. The minimum Gasteiger partial charge on any atom is -0.343 e. The molecule has 2 aromatic carbocycles. The summed E-state index contributed by atoms with van der Waals surface area (Å²) in [6.45, 7) is 0.496. The third kappa shape index (κ3) is 2.45. The van der Waals surface area contributed by atoms with E-state index in [4.69, 9.17) is 5.73 Å². The third-order valence-electron chi connectivity index (χ3n) is 3.88. The van der Waals surface area contributed by atoms with Crippen LogP contribution in [0.1, 0.15) is 34.3 Å². The van der Waals surface area contributed by atoms with Crippen molar-refractivity contribution in [3.8, 4) is 0 Å². The Balaban J connectivity index is 1.76. The molecule has 3 N–H and O–H groups in total. The number of nitrogens with one attached hydrogen (secondary N) is 1. The highest BCUT2D eigenvalue weighted by atomic mass is 16.1. The molecule has 1 amide bonds. The van der Waals surface area contributed by atoms with Gasteiger partial charge in [-0.05, 0) is 36.1 Å². The Morgan fingerprint density at radius 1 is 1.05 bits per heavy atom. The van der Waals surface area contributed by atoms with Gasteiger partial charge in [0.2, 0.25) is 0 Å². The summed E-state index contributed by atoms with van der Waals surface area (Å²) in [4.78, 5) is 12.3. The van der Waals surface area contributed by atoms with E-state index in [9.17, 15) is 4.79 Å². The molecule has 0 atom stereocenters. The Bertz CT molecular complexity index is 601. The van der Waals surface area contributed by atoms with Crippen molar-refractivity contribution >= 4 is 5.91 Å². The first-order valence-corrected chi connectivity index (χ1v) is 6.91. The summed E-state index contributed by atoms with van der Waals surface area (Å²) in [6, 6.07) is 17.6. The fourth-order valence-corrected chi connectivity index (χ4v) is 2.45. The van der Waals surface area contributed by atoms with Crippen molar-refractivity contribution in [2.75, 3.05) is 0 Å². The van der Waals surface area contributed by atoms with Crippen LogP contribution in [0, 0.1) is 0 Å². The molecular weight excluding hydrogens is 248 g/mol. The van der Waals surface area contributed by atoms with Gasteiger partial charge < -0.3 is 11.1 Å². The maximum atomic E-state index is 12.3. The molecule has 0 aromatic heterocycles. The monoisotopic (exact) mass is 266 g/mol. The molecule has 0 aliphatic heterocycles. The summed E-state index contributed by atoms with van der Waals surface area (Å²) in [6.07, 6.45) is 2.01. The first-order chi connectivity index (χ1) is 9.73. The highest BCUT2D eigenvalue weighted by Gasteiger charge is 2.45. The van der Waals surface area contributed by atoms with E-state index in [1.807, 2.05) is 42.5 Å². The molecular formula is C17H18N2O. The molecule has 0 unspecified atom stereocenters. The highest BCUT2D eigenvalue weighted by Crippen LogP contribution is 2.45. The lowest BCUT2D eigenvalue weighted by Gasteiger charge is -2.18. The number of nitrogens with two attached hydrogens (primary N) is 1. The molecule has 1 aliphatic rings. The molecule has 0 heterocycles. The van der Waals surface area contributed by atoms with Gasteiger partial charge in [0.15, 0.2) is 0 Å². The molecule has 3 heteroatoms. The van der Waals surface area contributed by atoms with E-state index in [0.717, 1.165) is 18.4 Å². The zero-order valence-corrected chi connectivity index (χ0v) is 11.3. The lowest BCUT2D eigenvalue weighted by Crippen LogP contribution is -2.34. The van der Waals surface area contributed by atoms with Gasteiger partial charge in [0.1, 0.15) is 0 Å². The molecule has 20 heavy (non-hydrogen) atoms. The van der Waals surface area contributed by atoms with Crippen LogP contribution in [0.15, 0.2) is 54.6 Å². The van der Waals surface area contributed by atoms with Gasteiger partial charge in [-0.15, -0.1) is 0 Å². The smallest absolute Gasteiger partial charge is 0.251 e.